The third-order valence-electron chi connectivity index (χ3n) is 2.53. The summed E-state index contributed by atoms with van der Waals surface area (Å²) in [7, 11) is 0. The molecule has 0 aliphatic carbocycles. The molecule has 20 heavy (non-hydrogen) atoms. The average molecular weight is 281 g/mol. The predicted octanol–water partition coefficient (Wildman–Crippen LogP) is 2.94. The van der Waals surface area contributed by atoms with Crippen LogP contribution in [0.1, 0.15) is 15.9 Å². The van der Waals surface area contributed by atoms with Crippen LogP contribution in [-0.4, -0.2) is 10.9 Å². The van der Waals surface area contributed by atoms with Crippen molar-refractivity contribution < 1.29 is 18.0 Å². The lowest BCUT2D eigenvalue weighted by Crippen LogP contribution is -2.14. The van der Waals surface area contributed by atoms with E-state index in [1.54, 1.807) is 0 Å². The van der Waals surface area contributed by atoms with Gasteiger partial charge < -0.3 is 11.1 Å². The van der Waals surface area contributed by atoms with Crippen LogP contribution < -0.4 is 11.1 Å². The Hall–Kier alpha value is -2.57. The van der Waals surface area contributed by atoms with Crippen molar-refractivity contribution in [1.29, 1.82) is 0 Å². The minimum absolute atomic E-state index is 0.102. The molecular weight excluding hydrogens is 271 g/mol. The number of hydrogen-bond donors (Lipinski definition) is 2. The number of anilines is 2. The van der Waals surface area contributed by atoms with Gasteiger partial charge in [0.1, 0.15) is 5.82 Å². The number of pyridine rings is 1. The summed E-state index contributed by atoms with van der Waals surface area (Å²) in [5.41, 5.74) is 4.65. The Bertz CT molecular complexity index is 641. The Morgan fingerprint density at radius 3 is 2.60 bits per heavy atom. The number of amides is 1. The molecule has 1 aromatic carbocycles. The topological polar surface area (TPSA) is 68.0 Å². The second-order valence-electron chi connectivity index (χ2n) is 3.97. The van der Waals surface area contributed by atoms with Gasteiger partial charge in [-0.3, -0.25) is 4.79 Å². The number of nitrogens with zero attached hydrogens (tertiary/aromatic N) is 1. The summed E-state index contributed by atoms with van der Waals surface area (Å²) in [4.78, 5) is 15.1. The molecule has 3 N–H and O–H groups in total. The van der Waals surface area contributed by atoms with Gasteiger partial charge in [0.15, 0.2) is 0 Å². The fourth-order valence-electron chi connectivity index (χ4n) is 1.61. The highest BCUT2D eigenvalue weighted by atomic mass is 19.4. The molecule has 1 amide bonds. The Morgan fingerprint density at radius 1 is 1.20 bits per heavy atom. The summed E-state index contributed by atoms with van der Waals surface area (Å²) in [6, 6.07) is 7.54. The maximum Gasteiger partial charge on any atom is 0.416 e. The van der Waals surface area contributed by atoms with Crippen molar-refractivity contribution in [2.45, 2.75) is 6.18 Å². The molecule has 0 saturated carbocycles. The van der Waals surface area contributed by atoms with Crippen LogP contribution in [0.25, 0.3) is 0 Å². The van der Waals surface area contributed by atoms with E-state index in [9.17, 15) is 18.0 Å². The molecule has 0 radical (unpaired) electrons. The fraction of sp³-hybridized carbons (Fsp3) is 0.0769. The number of alkyl halides is 3. The van der Waals surface area contributed by atoms with Gasteiger partial charge in [-0.05, 0) is 30.3 Å². The highest BCUT2D eigenvalue weighted by Gasteiger charge is 2.30. The Balaban J connectivity index is 2.34. The molecule has 0 aliphatic heterocycles. The molecule has 2 rings (SSSR count). The van der Waals surface area contributed by atoms with Gasteiger partial charge in [-0.15, -0.1) is 0 Å². The third kappa shape index (κ3) is 3.05. The smallest absolute Gasteiger partial charge is 0.365 e. The average Bonchev–Trinajstić information content (AvgIpc) is 2.38. The van der Waals surface area contributed by atoms with Gasteiger partial charge in [0.25, 0.3) is 5.91 Å². The number of primary amides is 1. The lowest BCUT2D eigenvalue weighted by Gasteiger charge is -2.11. The molecule has 1 heterocycles. The number of halogens is 3. The zero-order valence-electron chi connectivity index (χ0n) is 10.1. The molecule has 0 saturated heterocycles. The number of nitrogens with two attached hydrogens (primary N) is 1. The summed E-state index contributed by atoms with van der Waals surface area (Å²) in [5, 5.41) is 2.65. The largest absolute Gasteiger partial charge is 0.416 e. The Labute approximate surface area is 112 Å². The van der Waals surface area contributed by atoms with E-state index >= 15 is 0 Å². The lowest BCUT2D eigenvalue weighted by atomic mass is 10.2. The monoisotopic (exact) mass is 281 g/mol. The number of carbonyl (C=O) groups excluding carboxylic acids is 1. The molecule has 0 spiro atoms. The summed E-state index contributed by atoms with van der Waals surface area (Å²) >= 11 is 0. The van der Waals surface area contributed by atoms with E-state index in [1.165, 1.54) is 30.5 Å². The Morgan fingerprint density at radius 2 is 1.95 bits per heavy atom. The van der Waals surface area contributed by atoms with Gasteiger partial charge in [0.05, 0.1) is 11.1 Å². The van der Waals surface area contributed by atoms with Crippen LogP contribution in [0.15, 0.2) is 42.6 Å². The molecular formula is C13H10F3N3O. The number of benzene rings is 1. The molecule has 2 aromatic rings. The molecule has 0 bridgehead atoms. The van der Waals surface area contributed by atoms with Crippen molar-refractivity contribution in [3.63, 3.8) is 0 Å². The van der Waals surface area contributed by atoms with E-state index in [2.05, 4.69) is 10.3 Å². The maximum atomic E-state index is 12.6. The van der Waals surface area contributed by atoms with Crippen molar-refractivity contribution in [3.8, 4) is 0 Å². The standard InChI is InChI=1S/C13H10F3N3O/c14-13(15,16)8-3-1-4-9(7-8)19-12-10(11(17)20)5-2-6-18-12/h1-7H,(H2,17,20)(H,18,19). The first kappa shape index (κ1) is 13.9. The molecule has 1 aromatic heterocycles. The highest BCUT2D eigenvalue weighted by Crippen LogP contribution is 2.31. The maximum absolute atomic E-state index is 12.6. The molecule has 0 unspecified atom stereocenters. The van der Waals surface area contributed by atoms with Crippen molar-refractivity contribution in [1.82, 2.24) is 4.98 Å². The van der Waals surface area contributed by atoms with E-state index in [-0.39, 0.29) is 17.1 Å². The zero-order chi connectivity index (χ0) is 14.8. The van der Waals surface area contributed by atoms with Crippen LogP contribution in [0.5, 0.6) is 0 Å². The summed E-state index contributed by atoms with van der Waals surface area (Å²) in [6.07, 6.45) is -3.03. The van der Waals surface area contributed by atoms with Crippen molar-refractivity contribution in [2.75, 3.05) is 5.32 Å². The molecule has 0 fully saturated rings. The first-order valence-electron chi connectivity index (χ1n) is 5.57. The SMILES string of the molecule is NC(=O)c1cccnc1Nc1cccc(C(F)(F)F)c1. The van der Waals surface area contributed by atoms with Gasteiger partial charge in [0, 0.05) is 11.9 Å². The van der Waals surface area contributed by atoms with Crippen molar-refractivity contribution in [3.05, 3.63) is 53.7 Å². The summed E-state index contributed by atoms with van der Waals surface area (Å²) < 4.78 is 37.8. The van der Waals surface area contributed by atoms with Crippen LogP contribution in [0, 0.1) is 0 Å². The Kier molecular flexibility index (Phi) is 3.60. The van der Waals surface area contributed by atoms with E-state index in [0.29, 0.717) is 0 Å². The predicted molar refractivity (Wildman–Crippen MR) is 67.5 cm³/mol. The number of rotatable bonds is 3. The van der Waals surface area contributed by atoms with Crippen LogP contribution in [0.3, 0.4) is 0 Å². The minimum atomic E-state index is -4.44. The molecule has 0 aliphatic rings. The van der Waals surface area contributed by atoms with Gasteiger partial charge in [-0.1, -0.05) is 6.07 Å². The number of hydrogen-bond acceptors (Lipinski definition) is 3. The first-order chi connectivity index (χ1) is 9.38. The first-order valence-corrected chi connectivity index (χ1v) is 5.57. The van der Waals surface area contributed by atoms with Crippen molar-refractivity contribution in [2.24, 2.45) is 5.73 Å². The quantitative estimate of drug-likeness (QED) is 0.908. The second kappa shape index (κ2) is 5.20. The number of nitrogens with one attached hydrogen (secondary N) is 1. The summed E-state index contributed by atoms with van der Waals surface area (Å²) in [6.45, 7) is 0. The van der Waals surface area contributed by atoms with E-state index in [1.807, 2.05) is 0 Å². The normalized spacial score (nSPS) is 11.2. The molecule has 104 valence electrons. The lowest BCUT2D eigenvalue weighted by molar-refractivity contribution is -0.137. The number of carbonyl (C=O) groups is 1. The van der Waals surface area contributed by atoms with Crippen LogP contribution >= 0.6 is 0 Å². The van der Waals surface area contributed by atoms with Gasteiger partial charge in [0.2, 0.25) is 0 Å². The highest BCUT2D eigenvalue weighted by molar-refractivity contribution is 5.98. The van der Waals surface area contributed by atoms with E-state index in [4.69, 9.17) is 5.73 Å². The summed E-state index contributed by atoms with van der Waals surface area (Å²) in [5.74, 6) is -0.605. The van der Waals surface area contributed by atoms with E-state index < -0.39 is 17.6 Å². The van der Waals surface area contributed by atoms with Gasteiger partial charge in [-0.2, -0.15) is 13.2 Å². The van der Waals surface area contributed by atoms with Crippen molar-refractivity contribution >= 4 is 17.4 Å². The van der Waals surface area contributed by atoms with Gasteiger partial charge in [-0.25, -0.2) is 4.98 Å². The van der Waals surface area contributed by atoms with Crippen LogP contribution in [0.4, 0.5) is 24.7 Å². The second-order valence-corrected chi connectivity index (χ2v) is 3.97. The molecule has 4 nitrogen and oxygen atoms in total. The van der Waals surface area contributed by atoms with Crippen LogP contribution in [-0.2, 0) is 6.18 Å². The number of aromatic nitrogens is 1. The zero-order valence-corrected chi connectivity index (χ0v) is 10.1. The third-order valence-corrected chi connectivity index (χ3v) is 2.53. The fourth-order valence-corrected chi connectivity index (χ4v) is 1.61. The molecule has 0 atom stereocenters. The molecule has 7 heteroatoms. The van der Waals surface area contributed by atoms with Gasteiger partial charge >= 0.3 is 6.18 Å². The van der Waals surface area contributed by atoms with Crippen LogP contribution in [0.2, 0.25) is 0 Å². The van der Waals surface area contributed by atoms with E-state index in [0.717, 1.165) is 12.1 Å². The minimum Gasteiger partial charge on any atom is -0.365 e.